The van der Waals surface area contributed by atoms with Crippen molar-refractivity contribution in [1.29, 1.82) is 0 Å². The number of hydrogen-bond acceptors (Lipinski definition) is 3. The summed E-state index contributed by atoms with van der Waals surface area (Å²) in [7, 11) is -1.68. The van der Waals surface area contributed by atoms with E-state index in [1.807, 2.05) is 12.1 Å². The molecule has 2 N–H and O–H groups in total. The van der Waals surface area contributed by atoms with Crippen LogP contribution in [0, 0.1) is 0 Å². The number of nitrogens with two attached hydrogens (primary N) is 1. The van der Waals surface area contributed by atoms with Crippen molar-refractivity contribution < 1.29 is 9.16 Å². The zero-order chi connectivity index (χ0) is 21.4. The van der Waals surface area contributed by atoms with E-state index in [0.717, 1.165) is 25.9 Å². The van der Waals surface area contributed by atoms with E-state index >= 15 is 0 Å². The Kier molecular flexibility index (Phi) is 8.65. The van der Waals surface area contributed by atoms with Gasteiger partial charge in [-0.3, -0.25) is 0 Å². The quantitative estimate of drug-likeness (QED) is 0.385. The minimum absolute atomic E-state index is 0.242. The molecule has 2 aromatic rings. The van der Waals surface area contributed by atoms with Gasteiger partial charge in [0.05, 0.1) is 6.61 Å². The predicted molar refractivity (Wildman–Crippen MR) is 126 cm³/mol. The number of hydrogen-bond donors (Lipinski definition) is 1. The van der Waals surface area contributed by atoms with Gasteiger partial charge < -0.3 is 14.9 Å². The molecule has 0 heterocycles. The van der Waals surface area contributed by atoms with Crippen molar-refractivity contribution in [3.8, 4) is 0 Å². The molecule has 0 aliphatic rings. The molecule has 0 atom stereocenters. The zero-order valence-corrected chi connectivity index (χ0v) is 19.9. The lowest BCUT2D eigenvalue weighted by Crippen LogP contribution is -2.49. The van der Waals surface area contributed by atoms with E-state index in [1.54, 1.807) is 0 Å². The lowest BCUT2D eigenvalue weighted by atomic mass is 9.86. The predicted octanol–water partition coefficient (Wildman–Crippen LogP) is 5.60. The van der Waals surface area contributed by atoms with E-state index in [4.69, 9.17) is 14.9 Å². The van der Waals surface area contributed by atoms with Crippen molar-refractivity contribution in [2.24, 2.45) is 5.73 Å². The Hall–Kier alpha value is -1.46. The van der Waals surface area contributed by atoms with Gasteiger partial charge in [-0.15, -0.1) is 0 Å². The highest BCUT2D eigenvalue weighted by atomic mass is 28.4. The SMILES string of the molecule is CC(C)(C)[Si](C)(C)OCCCOCC(N)(Cc1ccccc1)Cc1ccccc1. The van der Waals surface area contributed by atoms with Gasteiger partial charge >= 0.3 is 0 Å². The Morgan fingerprint density at radius 3 is 1.72 bits per heavy atom. The van der Waals surface area contributed by atoms with E-state index in [-0.39, 0.29) is 5.04 Å². The first-order valence-corrected chi connectivity index (χ1v) is 13.6. The molecule has 0 aliphatic carbocycles. The Morgan fingerprint density at radius 1 is 0.793 bits per heavy atom. The summed E-state index contributed by atoms with van der Waals surface area (Å²) < 4.78 is 12.3. The fraction of sp³-hybridized carbons (Fsp3) is 0.520. The minimum Gasteiger partial charge on any atom is -0.417 e. The Bertz CT molecular complexity index is 669. The Balaban J connectivity index is 1.87. The molecule has 0 saturated carbocycles. The average molecular weight is 414 g/mol. The zero-order valence-electron chi connectivity index (χ0n) is 18.9. The van der Waals surface area contributed by atoms with E-state index < -0.39 is 13.9 Å². The van der Waals surface area contributed by atoms with Crippen LogP contribution in [0.15, 0.2) is 60.7 Å². The van der Waals surface area contributed by atoms with Gasteiger partial charge in [-0.05, 0) is 48.5 Å². The van der Waals surface area contributed by atoms with Gasteiger partial charge in [0.15, 0.2) is 8.32 Å². The molecule has 0 radical (unpaired) electrons. The highest BCUT2D eigenvalue weighted by molar-refractivity contribution is 6.74. The van der Waals surface area contributed by atoms with Crippen molar-refractivity contribution in [2.45, 2.75) is 63.7 Å². The summed E-state index contributed by atoms with van der Waals surface area (Å²) in [6.07, 6.45) is 2.49. The van der Waals surface area contributed by atoms with Crippen molar-refractivity contribution in [3.63, 3.8) is 0 Å². The fourth-order valence-electron chi connectivity index (χ4n) is 3.15. The molecule has 0 spiro atoms. The van der Waals surface area contributed by atoms with Crippen LogP contribution in [-0.2, 0) is 22.0 Å². The van der Waals surface area contributed by atoms with Crippen LogP contribution in [0.25, 0.3) is 0 Å². The molecule has 0 saturated heterocycles. The molecule has 0 aromatic heterocycles. The molecule has 3 nitrogen and oxygen atoms in total. The lowest BCUT2D eigenvalue weighted by molar-refractivity contribution is 0.0743. The van der Waals surface area contributed by atoms with Crippen molar-refractivity contribution in [1.82, 2.24) is 0 Å². The third kappa shape index (κ3) is 8.05. The molecule has 0 aliphatic heterocycles. The first-order valence-electron chi connectivity index (χ1n) is 10.7. The van der Waals surface area contributed by atoms with Crippen LogP contribution in [-0.4, -0.2) is 33.7 Å². The number of ether oxygens (including phenoxy) is 1. The van der Waals surface area contributed by atoms with Gasteiger partial charge in [0, 0.05) is 18.8 Å². The normalized spacial score (nSPS) is 12.9. The monoisotopic (exact) mass is 413 g/mol. The minimum atomic E-state index is -1.68. The van der Waals surface area contributed by atoms with Gasteiger partial charge in [0.25, 0.3) is 0 Å². The summed E-state index contributed by atoms with van der Waals surface area (Å²) in [5.41, 5.74) is 8.92. The summed E-state index contributed by atoms with van der Waals surface area (Å²) in [4.78, 5) is 0. The maximum Gasteiger partial charge on any atom is 0.191 e. The summed E-state index contributed by atoms with van der Waals surface area (Å²) in [5.74, 6) is 0. The van der Waals surface area contributed by atoms with Crippen molar-refractivity contribution in [3.05, 3.63) is 71.8 Å². The molecule has 4 heteroatoms. The maximum absolute atomic E-state index is 6.85. The maximum atomic E-state index is 6.85. The summed E-state index contributed by atoms with van der Waals surface area (Å²) in [6.45, 7) is 13.4. The van der Waals surface area contributed by atoms with Gasteiger partial charge in [0.1, 0.15) is 0 Å². The highest BCUT2D eigenvalue weighted by Gasteiger charge is 2.36. The largest absolute Gasteiger partial charge is 0.417 e. The van der Waals surface area contributed by atoms with Crippen LogP contribution in [0.2, 0.25) is 18.1 Å². The highest BCUT2D eigenvalue weighted by Crippen LogP contribution is 2.36. The topological polar surface area (TPSA) is 44.5 Å². The molecule has 160 valence electrons. The van der Waals surface area contributed by atoms with Gasteiger partial charge in [0.2, 0.25) is 0 Å². The smallest absolute Gasteiger partial charge is 0.191 e. The van der Waals surface area contributed by atoms with Crippen LogP contribution in [0.3, 0.4) is 0 Å². The second kappa shape index (κ2) is 10.5. The van der Waals surface area contributed by atoms with Crippen LogP contribution < -0.4 is 5.73 Å². The lowest BCUT2D eigenvalue weighted by Gasteiger charge is -2.36. The molecular weight excluding hydrogens is 374 g/mol. The second-order valence-corrected chi connectivity index (χ2v) is 14.5. The molecular formula is C25H39NO2Si. The van der Waals surface area contributed by atoms with E-state index in [0.29, 0.717) is 13.2 Å². The summed E-state index contributed by atoms with van der Waals surface area (Å²) >= 11 is 0. The standard InChI is InChI=1S/C25H39NO2Si/c1-24(2,3)29(4,5)28-18-12-17-27-21-25(26,19-22-13-8-6-9-14-22)20-23-15-10-7-11-16-23/h6-11,13-16H,12,17-21,26H2,1-5H3. The van der Waals surface area contributed by atoms with Gasteiger partial charge in [-0.1, -0.05) is 81.4 Å². The third-order valence-electron chi connectivity index (χ3n) is 5.89. The summed E-state index contributed by atoms with van der Waals surface area (Å²) in [5, 5.41) is 0.242. The first-order chi connectivity index (χ1) is 13.6. The third-order valence-corrected chi connectivity index (χ3v) is 10.4. The summed E-state index contributed by atoms with van der Waals surface area (Å²) in [6, 6.07) is 20.9. The Morgan fingerprint density at radius 2 is 1.28 bits per heavy atom. The molecule has 0 unspecified atom stereocenters. The molecule has 0 fully saturated rings. The number of benzene rings is 2. The van der Waals surface area contributed by atoms with Crippen molar-refractivity contribution in [2.75, 3.05) is 19.8 Å². The van der Waals surface area contributed by atoms with Crippen LogP contribution >= 0.6 is 0 Å². The van der Waals surface area contributed by atoms with Gasteiger partial charge in [-0.25, -0.2) is 0 Å². The molecule has 29 heavy (non-hydrogen) atoms. The molecule has 0 bridgehead atoms. The molecule has 2 rings (SSSR count). The second-order valence-electron chi connectivity index (χ2n) is 9.70. The first kappa shape index (κ1) is 23.8. The average Bonchev–Trinajstić information content (AvgIpc) is 2.65. The van der Waals surface area contributed by atoms with E-state index in [2.05, 4.69) is 82.4 Å². The van der Waals surface area contributed by atoms with Gasteiger partial charge in [-0.2, -0.15) is 0 Å². The number of rotatable bonds is 11. The fourth-order valence-corrected chi connectivity index (χ4v) is 4.24. The molecule has 0 amide bonds. The van der Waals surface area contributed by atoms with E-state index in [9.17, 15) is 0 Å². The van der Waals surface area contributed by atoms with Crippen LogP contribution in [0.1, 0.15) is 38.3 Å². The Labute approximate surface area is 178 Å². The molecule has 2 aromatic carbocycles. The van der Waals surface area contributed by atoms with Crippen molar-refractivity contribution >= 4 is 8.32 Å². The van der Waals surface area contributed by atoms with E-state index in [1.165, 1.54) is 11.1 Å². The van der Waals surface area contributed by atoms with Crippen LogP contribution in [0.4, 0.5) is 0 Å². The van der Waals surface area contributed by atoms with Crippen LogP contribution in [0.5, 0.6) is 0 Å².